The first-order valence-corrected chi connectivity index (χ1v) is 13.3. The second-order valence-corrected chi connectivity index (χ2v) is 11.6. The molecular weight excluding hydrogens is 467 g/mol. The fourth-order valence-corrected chi connectivity index (χ4v) is 6.22. The molecular formula is C34H27BO3. The molecule has 184 valence electrons. The average Bonchev–Trinajstić information content (AvgIpc) is 3.38. The summed E-state index contributed by atoms with van der Waals surface area (Å²) >= 11 is 0. The van der Waals surface area contributed by atoms with Crippen LogP contribution in [0.25, 0.3) is 65.0 Å². The molecule has 4 heteroatoms. The van der Waals surface area contributed by atoms with Crippen molar-refractivity contribution in [3.05, 3.63) is 91.0 Å². The van der Waals surface area contributed by atoms with Crippen molar-refractivity contribution in [3.63, 3.8) is 0 Å². The van der Waals surface area contributed by atoms with E-state index in [9.17, 15) is 0 Å². The lowest BCUT2D eigenvalue weighted by atomic mass is 9.74. The summed E-state index contributed by atoms with van der Waals surface area (Å²) in [4.78, 5) is 0. The fourth-order valence-electron chi connectivity index (χ4n) is 6.22. The van der Waals surface area contributed by atoms with Crippen molar-refractivity contribution in [1.82, 2.24) is 0 Å². The van der Waals surface area contributed by atoms with Gasteiger partial charge in [-0.25, -0.2) is 0 Å². The van der Waals surface area contributed by atoms with Gasteiger partial charge in [0, 0.05) is 10.8 Å². The number of benzene rings is 6. The van der Waals surface area contributed by atoms with Crippen molar-refractivity contribution in [2.24, 2.45) is 0 Å². The van der Waals surface area contributed by atoms with E-state index in [-0.39, 0.29) is 0 Å². The molecule has 0 unspecified atom stereocenters. The van der Waals surface area contributed by atoms with Crippen molar-refractivity contribution < 1.29 is 13.7 Å². The number of hydrogen-bond acceptors (Lipinski definition) is 3. The summed E-state index contributed by atoms with van der Waals surface area (Å²) in [5.74, 6) is 0. The second-order valence-electron chi connectivity index (χ2n) is 11.6. The highest BCUT2D eigenvalue weighted by molar-refractivity contribution is 6.66. The molecule has 0 N–H and O–H groups in total. The number of hydrogen-bond donors (Lipinski definition) is 0. The standard InChI is InChI=1S/C34H27BO3/c1-33(2)34(3,4)38-35(37-33)29-18-27-21-12-6-5-11-20(21)25-17-26-23-14-9-10-16-30(23)36-31(26)19-28(25)32(27)24-15-8-7-13-22(24)29/h5-19H,1-4H3. The maximum Gasteiger partial charge on any atom is 0.495 e. The first-order valence-electron chi connectivity index (χ1n) is 13.3. The third kappa shape index (κ3) is 2.87. The smallest absolute Gasteiger partial charge is 0.456 e. The molecule has 0 aliphatic carbocycles. The maximum atomic E-state index is 6.56. The first-order chi connectivity index (χ1) is 18.3. The molecule has 1 aliphatic heterocycles. The summed E-state index contributed by atoms with van der Waals surface area (Å²) in [6.45, 7) is 8.44. The Morgan fingerprint density at radius 2 is 1.03 bits per heavy atom. The lowest BCUT2D eigenvalue weighted by Crippen LogP contribution is -2.41. The Balaban J connectivity index is 1.55. The van der Waals surface area contributed by atoms with E-state index in [4.69, 9.17) is 13.7 Å². The van der Waals surface area contributed by atoms with Crippen molar-refractivity contribution in [3.8, 4) is 0 Å². The summed E-state index contributed by atoms with van der Waals surface area (Å²) in [6.07, 6.45) is 0. The molecule has 3 nitrogen and oxygen atoms in total. The Labute approximate surface area is 221 Å². The van der Waals surface area contributed by atoms with E-state index < -0.39 is 18.3 Å². The van der Waals surface area contributed by atoms with Crippen molar-refractivity contribution in [1.29, 1.82) is 0 Å². The zero-order valence-electron chi connectivity index (χ0n) is 22.0. The molecule has 1 fully saturated rings. The monoisotopic (exact) mass is 494 g/mol. The molecule has 2 heterocycles. The van der Waals surface area contributed by atoms with Crippen LogP contribution in [-0.4, -0.2) is 18.3 Å². The van der Waals surface area contributed by atoms with Crippen LogP contribution in [0.1, 0.15) is 27.7 Å². The third-order valence-corrected chi connectivity index (χ3v) is 8.88. The zero-order valence-corrected chi connectivity index (χ0v) is 22.0. The largest absolute Gasteiger partial charge is 0.495 e. The minimum absolute atomic E-state index is 0.411. The molecule has 6 aromatic carbocycles. The molecule has 1 saturated heterocycles. The van der Waals surface area contributed by atoms with Crippen LogP contribution in [0.4, 0.5) is 0 Å². The molecule has 0 atom stereocenters. The highest BCUT2D eigenvalue weighted by Crippen LogP contribution is 2.43. The number of furan rings is 1. The average molecular weight is 494 g/mol. The molecule has 7 aromatic rings. The molecule has 0 spiro atoms. The molecule has 0 radical (unpaired) electrons. The van der Waals surface area contributed by atoms with Crippen molar-refractivity contribution >= 4 is 77.6 Å². The van der Waals surface area contributed by atoms with Gasteiger partial charge >= 0.3 is 7.12 Å². The maximum absolute atomic E-state index is 6.56. The Hall–Kier alpha value is -3.86. The van der Waals surface area contributed by atoms with Gasteiger partial charge in [0.05, 0.1) is 11.2 Å². The van der Waals surface area contributed by atoms with Gasteiger partial charge in [0.15, 0.2) is 0 Å². The quantitative estimate of drug-likeness (QED) is 0.169. The molecule has 8 rings (SSSR count). The Kier molecular flexibility index (Phi) is 4.30. The lowest BCUT2D eigenvalue weighted by Gasteiger charge is -2.32. The van der Waals surface area contributed by atoms with E-state index in [1.165, 1.54) is 37.7 Å². The van der Waals surface area contributed by atoms with E-state index in [1.807, 2.05) is 12.1 Å². The minimum Gasteiger partial charge on any atom is -0.456 e. The second kappa shape index (κ2) is 7.38. The van der Waals surface area contributed by atoms with E-state index in [2.05, 4.69) is 107 Å². The van der Waals surface area contributed by atoms with Gasteiger partial charge in [-0.2, -0.15) is 0 Å². The normalized spacial score (nSPS) is 17.1. The van der Waals surface area contributed by atoms with Gasteiger partial charge in [-0.3, -0.25) is 0 Å². The van der Waals surface area contributed by atoms with Gasteiger partial charge in [-0.15, -0.1) is 0 Å². The zero-order chi connectivity index (χ0) is 25.8. The lowest BCUT2D eigenvalue weighted by molar-refractivity contribution is 0.00578. The van der Waals surface area contributed by atoms with Crippen LogP contribution in [0.5, 0.6) is 0 Å². The van der Waals surface area contributed by atoms with E-state index in [0.717, 1.165) is 32.8 Å². The van der Waals surface area contributed by atoms with E-state index in [0.29, 0.717) is 0 Å². The minimum atomic E-state index is -0.443. The van der Waals surface area contributed by atoms with Gasteiger partial charge in [-0.05, 0) is 94.4 Å². The first kappa shape index (κ1) is 22.2. The molecule has 0 amide bonds. The fraction of sp³-hybridized carbons (Fsp3) is 0.176. The molecule has 0 saturated carbocycles. The number of rotatable bonds is 1. The van der Waals surface area contributed by atoms with Crippen LogP contribution in [0.15, 0.2) is 95.4 Å². The van der Waals surface area contributed by atoms with Crippen LogP contribution in [-0.2, 0) is 9.31 Å². The SMILES string of the molecule is CC1(C)OB(c2cc3c4ccccc4c4cc5c(cc4c3c3ccccc23)oc2ccccc25)OC1(C)C. The molecule has 1 aliphatic rings. The van der Waals surface area contributed by atoms with Crippen LogP contribution >= 0.6 is 0 Å². The van der Waals surface area contributed by atoms with Gasteiger partial charge in [0.1, 0.15) is 11.2 Å². The highest BCUT2D eigenvalue weighted by atomic mass is 16.7. The van der Waals surface area contributed by atoms with Gasteiger partial charge in [0.25, 0.3) is 0 Å². The summed E-state index contributed by atoms with van der Waals surface area (Å²) in [6, 6.07) is 32.5. The number of para-hydroxylation sites is 1. The van der Waals surface area contributed by atoms with Crippen molar-refractivity contribution in [2.75, 3.05) is 0 Å². The topological polar surface area (TPSA) is 31.6 Å². The van der Waals surface area contributed by atoms with E-state index >= 15 is 0 Å². The predicted octanol–water partition coefficient (Wildman–Crippen LogP) is 8.50. The molecule has 38 heavy (non-hydrogen) atoms. The van der Waals surface area contributed by atoms with Crippen molar-refractivity contribution in [2.45, 2.75) is 38.9 Å². The molecule has 1 aromatic heterocycles. The van der Waals surface area contributed by atoms with Crippen LogP contribution in [0.3, 0.4) is 0 Å². The van der Waals surface area contributed by atoms with Gasteiger partial charge < -0.3 is 13.7 Å². The van der Waals surface area contributed by atoms with Gasteiger partial charge in [0.2, 0.25) is 0 Å². The predicted molar refractivity (Wildman–Crippen MR) is 159 cm³/mol. The third-order valence-electron chi connectivity index (χ3n) is 8.88. The van der Waals surface area contributed by atoms with Crippen LogP contribution in [0, 0.1) is 0 Å². The Morgan fingerprint density at radius 1 is 0.474 bits per heavy atom. The Morgan fingerprint density at radius 3 is 1.74 bits per heavy atom. The summed E-state index contributed by atoms with van der Waals surface area (Å²) < 4.78 is 19.5. The van der Waals surface area contributed by atoms with Gasteiger partial charge in [-0.1, -0.05) is 72.8 Å². The summed E-state index contributed by atoms with van der Waals surface area (Å²) in [5.41, 5.74) is 2.08. The highest BCUT2D eigenvalue weighted by Gasteiger charge is 2.52. The molecule has 0 bridgehead atoms. The summed E-state index contributed by atoms with van der Waals surface area (Å²) in [7, 11) is -0.443. The Bertz CT molecular complexity index is 2080. The van der Waals surface area contributed by atoms with E-state index in [1.54, 1.807) is 0 Å². The van der Waals surface area contributed by atoms with Crippen LogP contribution < -0.4 is 5.46 Å². The number of fused-ring (bicyclic) bond motifs is 11. The summed E-state index contributed by atoms with van der Waals surface area (Å²) in [5, 5.41) is 12.0. The van der Waals surface area contributed by atoms with Crippen LogP contribution in [0.2, 0.25) is 0 Å².